The third-order valence-electron chi connectivity index (χ3n) is 2.91. The first-order valence-corrected chi connectivity index (χ1v) is 8.14. The van der Waals surface area contributed by atoms with E-state index in [1.54, 1.807) is 7.11 Å². The molecule has 0 radical (unpaired) electrons. The van der Waals surface area contributed by atoms with Crippen LogP contribution in [0.4, 0.5) is 0 Å². The molecular weight excluding hydrogens is 302 g/mol. The summed E-state index contributed by atoms with van der Waals surface area (Å²) >= 11 is 1.37. The minimum Gasteiger partial charge on any atom is -0.494 e. The normalized spacial score (nSPS) is 12.3. The standard InChI is InChI=1S/C15H21N3O3S/c1-4-21-11-5-6-12-13(7-11)18-15(17-12)22-9-14(19)16-10(2)8-20-3/h5-7,10H,4,8-9H2,1-3H3,(H,16,19)(H,17,18). The summed E-state index contributed by atoms with van der Waals surface area (Å²) < 4.78 is 10.4. The predicted octanol–water partition coefficient (Wildman–Crippen LogP) is 2.20. The van der Waals surface area contributed by atoms with Gasteiger partial charge in [-0.15, -0.1) is 0 Å². The van der Waals surface area contributed by atoms with E-state index in [9.17, 15) is 4.79 Å². The summed E-state index contributed by atoms with van der Waals surface area (Å²) in [6.07, 6.45) is 0. The van der Waals surface area contributed by atoms with Crippen LogP contribution in [0.2, 0.25) is 0 Å². The number of thioether (sulfide) groups is 1. The summed E-state index contributed by atoms with van der Waals surface area (Å²) in [5, 5.41) is 3.58. The molecule has 0 bridgehead atoms. The van der Waals surface area contributed by atoms with Gasteiger partial charge in [0.2, 0.25) is 5.91 Å². The fourth-order valence-electron chi connectivity index (χ4n) is 2.03. The molecule has 2 N–H and O–H groups in total. The van der Waals surface area contributed by atoms with Gasteiger partial charge >= 0.3 is 0 Å². The van der Waals surface area contributed by atoms with E-state index in [1.807, 2.05) is 32.0 Å². The van der Waals surface area contributed by atoms with Crippen molar-refractivity contribution >= 4 is 28.7 Å². The van der Waals surface area contributed by atoms with Crippen LogP contribution in [0.1, 0.15) is 13.8 Å². The zero-order valence-electron chi connectivity index (χ0n) is 13.0. The predicted molar refractivity (Wildman–Crippen MR) is 87.5 cm³/mol. The first-order chi connectivity index (χ1) is 10.6. The number of H-pyrrole nitrogens is 1. The van der Waals surface area contributed by atoms with Gasteiger partial charge in [0.1, 0.15) is 5.75 Å². The lowest BCUT2D eigenvalue weighted by Gasteiger charge is -2.11. The first kappa shape index (κ1) is 16.6. The van der Waals surface area contributed by atoms with E-state index in [0.717, 1.165) is 21.9 Å². The number of nitrogens with one attached hydrogen (secondary N) is 2. The van der Waals surface area contributed by atoms with Crippen molar-refractivity contribution in [3.05, 3.63) is 18.2 Å². The number of hydrogen-bond donors (Lipinski definition) is 2. The van der Waals surface area contributed by atoms with Crippen LogP contribution in [0, 0.1) is 0 Å². The van der Waals surface area contributed by atoms with E-state index in [4.69, 9.17) is 9.47 Å². The molecule has 1 atom stereocenters. The lowest BCUT2D eigenvalue weighted by atomic mass is 10.3. The number of aromatic nitrogens is 2. The van der Waals surface area contributed by atoms with Crippen LogP contribution in [0.5, 0.6) is 5.75 Å². The van der Waals surface area contributed by atoms with Gasteiger partial charge in [-0.25, -0.2) is 4.98 Å². The van der Waals surface area contributed by atoms with Crippen LogP contribution in [0.3, 0.4) is 0 Å². The molecule has 0 aliphatic rings. The molecule has 120 valence electrons. The molecule has 1 aromatic heterocycles. The van der Waals surface area contributed by atoms with E-state index >= 15 is 0 Å². The van der Waals surface area contributed by atoms with Crippen molar-refractivity contribution in [2.24, 2.45) is 0 Å². The van der Waals surface area contributed by atoms with Gasteiger partial charge in [-0.3, -0.25) is 4.79 Å². The minimum atomic E-state index is -0.0370. The lowest BCUT2D eigenvalue weighted by molar-refractivity contribution is -0.119. The number of hydrogen-bond acceptors (Lipinski definition) is 5. The fourth-order valence-corrected chi connectivity index (χ4v) is 2.73. The maximum Gasteiger partial charge on any atom is 0.230 e. The van der Waals surface area contributed by atoms with Crippen molar-refractivity contribution < 1.29 is 14.3 Å². The zero-order chi connectivity index (χ0) is 15.9. The quantitative estimate of drug-likeness (QED) is 0.728. The topological polar surface area (TPSA) is 76.2 Å². The molecule has 0 spiro atoms. The van der Waals surface area contributed by atoms with Crippen LogP contribution in [-0.4, -0.2) is 48.0 Å². The fraction of sp³-hybridized carbons (Fsp3) is 0.467. The van der Waals surface area contributed by atoms with Gasteiger partial charge in [0, 0.05) is 19.2 Å². The second-order valence-corrected chi connectivity index (χ2v) is 5.83. The van der Waals surface area contributed by atoms with Gasteiger partial charge in [-0.05, 0) is 26.0 Å². The average Bonchev–Trinajstić information content (AvgIpc) is 2.88. The Hall–Kier alpha value is -1.73. The maximum absolute atomic E-state index is 11.8. The number of carbonyl (C=O) groups is 1. The second-order valence-electron chi connectivity index (χ2n) is 4.87. The smallest absolute Gasteiger partial charge is 0.230 e. The highest BCUT2D eigenvalue weighted by molar-refractivity contribution is 7.99. The van der Waals surface area contributed by atoms with E-state index < -0.39 is 0 Å². The number of fused-ring (bicyclic) bond motifs is 1. The lowest BCUT2D eigenvalue weighted by Crippen LogP contribution is -2.36. The molecule has 0 saturated carbocycles. The van der Waals surface area contributed by atoms with Crippen LogP contribution in [0.15, 0.2) is 23.4 Å². The van der Waals surface area contributed by atoms with Gasteiger partial charge < -0.3 is 19.8 Å². The third kappa shape index (κ3) is 4.64. The number of benzene rings is 1. The van der Waals surface area contributed by atoms with E-state index in [0.29, 0.717) is 19.0 Å². The van der Waals surface area contributed by atoms with Gasteiger partial charge in [-0.2, -0.15) is 0 Å². The van der Waals surface area contributed by atoms with Gasteiger partial charge in [0.05, 0.1) is 30.0 Å². The van der Waals surface area contributed by atoms with Crippen molar-refractivity contribution in [3.63, 3.8) is 0 Å². The summed E-state index contributed by atoms with van der Waals surface area (Å²) in [7, 11) is 1.61. The molecule has 1 heterocycles. The van der Waals surface area contributed by atoms with Gasteiger partial charge in [0.15, 0.2) is 5.16 Å². The Balaban J connectivity index is 1.93. The highest BCUT2D eigenvalue weighted by Crippen LogP contribution is 2.23. The summed E-state index contributed by atoms with van der Waals surface area (Å²) in [6.45, 7) is 4.98. The molecule has 0 saturated heterocycles. The van der Waals surface area contributed by atoms with Gasteiger partial charge in [0.25, 0.3) is 0 Å². The highest BCUT2D eigenvalue weighted by Gasteiger charge is 2.10. The number of aromatic amines is 1. The number of ether oxygens (including phenoxy) is 2. The molecule has 0 aliphatic carbocycles. The zero-order valence-corrected chi connectivity index (χ0v) is 13.8. The molecule has 6 nitrogen and oxygen atoms in total. The van der Waals surface area contributed by atoms with E-state index in [2.05, 4.69) is 15.3 Å². The number of amides is 1. The third-order valence-corrected chi connectivity index (χ3v) is 3.78. The Morgan fingerprint density at radius 2 is 2.32 bits per heavy atom. The summed E-state index contributed by atoms with van der Waals surface area (Å²) in [6, 6.07) is 5.71. The van der Waals surface area contributed by atoms with Crippen molar-refractivity contribution in [2.75, 3.05) is 26.1 Å². The molecule has 1 unspecified atom stereocenters. The molecule has 2 rings (SSSR count). The Morgan fingerprint density at radius 3 is 3.05 bits per heavy atom. The van der Waals surface area contributed by atoms with Crippen LogP contribution in [0.25, 0.3) is 11.0 Å². The maximum atomic E-state index is 11.8. The summed E-state index contributed by atoms with van der Waals surface area (Å²) in [4.78, 5) is 19.5. The Bertz CT molecular complexity index is 630. The monoisotopic (exact) mass is 323 g/mol. The summed E-state index contributed by atoms with van der Waals surface area (Å²) in [5.41, 5.74) is 1.76. The van der Waals surface area contributed by atoms with Crippen molar-refractivity contribution in [2.45, 2.75) is 25.0 Å². The Kier molecular flexibility index (Phi) is 6.09. The second kappa shape index (κ2) is 8.05. The molecule has 1 amide bonds. The number of carbonyl (C=O) groups excluding carboxylic acids is 1. The molecule has 22 heavy (non-hydrogen) atoms. The largest absolute Gasteiger partial charge is 0.494 e. The molecule has 2 aromatic rings. The molecule has 0 aliphatic heterocycles. The number of rotatable bonds is 8. The van der Waals surface area contributed by atoms with Gasteiger partial charge in [-0.1, -0.05) is 11.8 Å². The SMILES string of the molecule is CCOc1ccc2nc(SCC(=O)NC(C)COC)[nH]c2c1. The van der Waals surface area contributed by atoms with Crippen LogP contribution in [-0.2, 0) is 9.53 Å². The summed E-state index contributed by atoms with van der Waals surface area (Å²) in [5.74, 6) is 1.08. The molecule has 0 fully saturated rings. The average molecular weight is 323 g/mol. The first-order valence-electron chi connectivity index (χ1n) is 7.16. The van der Waals surface area contributed by atoms with E-state index in [1.165, 1.54) is 11.8 Å². The van der Waals surface area contributed by atoms with Crippen LogP contribution < -0.4 is 10.1 Å². The molecular formula is C15H21N3O3S. The van der Waals surface area contributed by atoms with Crippen molar-refractivity contribution in [3.8, 4) is 5.75 Å². The Labute approximate surface area is 134 Å². The highest BCUT2D eigenvalue weighted by atomic mass is 32.2. The number of nitrogens with zero attached hydrogens (tertiary/aromatic N) is 1. The minimum absolute atomic E-state index is 0.00234. The van der Waals surface area contributed by atoms with Crippen molar-refractivity contribution in [1.82, 2.24) is 15.3 Å². The van der Waals surface area contributed by atoms with Crippen LogP contribution >= 0.6 is 11.8 Å². The molecule has 7 heteroatoms. The molecule has 1 aromatic carbocycles. The number of imidazole rings is 1. The van der Waals surface area contributed by atoms with Crippen molar-refractivity contribution in [1.29, 1.82) is 0 Å². The Morgan fingerprint density at radius 1 is 1.50 bits per heavy atom. The number of methoxy groups -OCH3 is 1. The van der Waals surface area contributed by atoms with E-state index in [-0.39, 0.29) is 11.9 Å².